The van der Waals surface area contributed by atoms with E-state index in [0.717, 1.165) is 11.0 Å². The summed E-state index contributed by atoms with van der Waals surface area (Å²) in [5, 5.41) is 4.33. The molecule has 1 aliphatic rings. The molecule has 3 rings (SSSR count). The summed E-state index contributed by atoms with van der Waals surface area (Å²) in [5.74, 6) is -0.364. The van der Waals surface area contributed by atoms with Gasteiger partial charge in [0.25, 0.3) is 0 Å². The first-order valence-corrected chi connectivity index (χ1v) is 14.4. The van der Waals surface area contributed by atoms with E-state index in [-0.39, 0.29) is 35.3 Å². The molecule has 0 aliphatic carbocycles. The van der Waals surface area contributed by atoms with Crippen molar-refractivity contribution in [1.82, 2.24) is 9.62 Å². The van der Waals surface area contributed by atoms with E-state index in [9.17, 15) is 21.6 Å². The maximum atomic E-state index is 12.9. The summed E-state index contributed by atoms with van der Waals surface area (Å²) in [5.41, 5.74) is 1.06. The molecule has 0 bridgehead atoms. The van der Waals surface area contributed by atoms with Crippen LogP contribution in [0.1, 0.15) is 38.2 Å². The van der Waals surface area contributed by atoms with E-state index in [4.69, 9.17) is 11.6 Å². The fraction of sp³-hybridized carbons (Fsp3) is 0.375. The number of carbonyl (C=O) groups is 1. The molecular formula is C24H29ClN2O5S2. The van der Waals surface area contributed by atoms with E-state index in [1.165, 1.54) is 34.6 Å². The fourth-order valence-corrected chi connectivity index (χ4v) is 6.34. The zero-order chi connectivity index (χ0) is 24.9. The normalized spacial score (nSPS) is 17.5. The van der Waals surface area contributed by atoms with Gasteiger partial charge in [-0.1, -0.05) is 43.7 Å². The minimum absolute atomic E-state index is 0.126. The van der Waals surface area contributed by atoms with E-state index < -0.39 is 25.8 Å². The Hall–Kier alpha value is -2.20. The molecule has 1 fully saturated rings. The number of rotatable bonds is 9. The number of nitrogens with zero attached hydrogens (tertiary/aromatic N) is 1. The molecule has 0 saturated carbocycles. The van der Waals surface area contributed by atoms with Gasteiger partial charge in [-0.25, -0.2) is 16.8 Å². The Kier molecular flexibility index (Phi) is 8.57. The van der Waals surface area contributed by atoms with Crippen molar-refractivity contribution in [3.05, 3.63) is 70.6 Å². The minimum atomic E-state index is -3.65. The summed E-state index contributed by atoms with van der Waals surface area (Å²) in [6.07, 6.45) is 2.25. The molecule has 0 spiro atoms. The highest BCUT2D eigenvalue weighted by molar-refractivity contribution is 7.94. The number of sulfone groups is 1. The number of hydrogen-bond acceptors (Lipinski definition) is 5. The van der Waals surface area contributed by atoms with Gasteiger partial charge < -0.3 is 5.32 Å². The maximum Gasteiger partial charge on any atom is 0.243 e. The van der Waals surface area contributed by atoms with Crippen LogP contribution in [0.5, 0.6) is 0 Å². The summed E-state index contributed by atoms with van der Waals surface area (Å²) in [6, 6.07) is 12.7. The average Bonchev–Trinajstić information content (AvgIpc) is 3.30. The van der Waals surface area contributed by atoms with E-state index in [1.54, 1.807) is 12.1 Å². The lowest BCUT2D eigenvalue weighted by Crippen LogP contribution is -2.35. The first kappa shape index (κ1) is 26.4. The monoisotopic (exact) mass is 524 g/mol. The second kappa shape index (κ2) is 11.0. The van der Waals surface area contributed by atoms with Crippen molar-refractivity contribution < 1.29 is 21.6 Å². The van der Waals surface area contributed by atoms with Crippen LogP contribution >= 0.6 is 11.6 Å². The standard InChI is InChI=1S/C24H29ClN2O5S2/c1-18(2)19-5-9-23(10-6-19)34(31,32)27-15-13-20(17-27)24(28)26-14-3-4-16-33(29,30)22-11-7-21(25)8-12-22/h4-12,16,18,20H,3,13-15,17H2,1-2H3,(H,26,28)/b16-4+/t20-/m0/s1. The molecule has 1 atom stereocenters. The summed E-state index contributed by atoms with van der Waals surface area (Å²) in [4.78, 5) is 12.9. The van der Waals surface area contributed by atoms with Gasteiger partial charge in [-0.05, 0) is 60.7 Å². The largest absolute Gasteiger partial charge is 0.356 e. The van der Waals surface area contributed by atoms with Crippen LogP contribution in [0.3, 0.4) is 0 Å². The van der Waals surface area contributed by atoms with Crippen molar-refractivity contribution in [3.8, 4) is 0 Å². The van der Waals surface area contributed by atoms with Crippen LogP contribution in [0.15, 0.2) is 69.8 Å². The Labute approximate surface area is 206 Å². The third-order valence-electron chi connectivity index (χ3n) is 5.73. The lowest BCUT2D eigenvalue weighted by atomic mass is 10.0. The van der Waals surface area contributed by atoms with Gasteiger partial charge >= 0.3 is 0 Å². The van der Waals surface area contributed by atoms with Gasteiger partial charge in [-0.15, -0.1) is 0 Å². The molecule has 10 heteroatoms. The Morgan fingerprint density at radius 1 is 1.06 bits per heavy atom. The summed E-state index contributed by atoms with van der Waals surface area (Å²) in [6.45, 7) is 4.75. The molecule has 1 saturated heterocycles. The first-order valence-electron chi connectivity index (χ1n) is 11.1. The van der Waals surface area contributed by atoms with Crippen molar-refractivity contribution in [2.45, 2.75) is 42.4 Å². The molecule has 0 radical (unpaired) electrons. The highest BCUT2D eigenvalue weighted by Gasteiger charge is 2.35. The highest BCUT2D eigenvalue weighted by Crippen LogP contribution is 2.26. The Bertz CT molecular complexity index is 1240. The Morgan fingerprint density at radius 3 is 2.29 bits per heavy atom. The van der Waals surface area contributed by atoms with Gasteiger partial charge in [0.15, 0.2) is 9.84 Å². The van der Waals surface area contributed by atoms with Crippen LogP contribution in [0.2, 0.25) is 5.02 Å². The molecule has 1 N–H and O–H groups in total. The first-order chi connectivity index (χ1) is 16.0. The highest BCUT2D eigenvalue weighted by atomic mass is 35.5. The van der Waals surface area contributed by atoms with E-state index in [2.05, 4.69) is 5.32 Å². The predicted octanol–water partition coefficient (Wildman–Crippen LogP) is 3.97. The Morgan fingerprint density at radius 2 is 1.68 bits per heavy atom. The van der Waals surface area contributed by atoms with Gasteiger partial charge in [0.1, 0.15) is 0 Å². The molecule has 1 heterocycles. The SMILES string of the molecule is CC(C)c1ccc(S(=O)(=O)N2CC[C@H](C(=O)NCC/C=C/S(=O)(=O)c3ccc(Cl)cc3)C2)cc1. The van der Waals surface area contributed by atoms with Gasteiger partial charge in [-0.2, -0.15) is 4.31 Å². The smallest absolute Gasteiger partial charge is 0.243 e. The Balaban J connectivity index is 1.49. The number of amides is 1. The molecule has 1 aliphatic heterocycles. The molecular weight excluding hydrogens is 496 g/mol. The van der Waals surface area contributed by atoms with Crippen LogP contribution < -0.4 is 5.32 Å². The fourth-order valence-electron chi connectivity index (χ4n) is 3.65. The maximum absolute atomic E-state index is 12.9. The predicted molar refractivity (Wildman–Crippen MR) is 133 cm³/mol. The third-order valence-corrected chi connectivity index (χ3v) is 9.35. The zero-order valence-electron chi connectivity index (χ0n) is 19.1. The second-order valence-electron chi connectivity index (χ2n) is 8.52. The quantitative estimate of drug-likeness (QED) is 0.500. The number of sulfonamides is 1. The average molecular weight is 525 g/mol. The molecule has 7 nitrogen and oxygen atoms in total. The van der Waals surface area contributed by atoms with Gasteiger partial charge in [0, 0.05) is 30.1 Å². The number of hydrogen-bond donors (Lipinski definition) is 1. The van der Waals surface area contributed by atoms with Crippen molar-refractivity contribution in [1.29, 1.82) is 0 Å². The van der Waals surface area contributed by atoms with Crippen LogP contribution in [-0.2, 0) is 24.7 Å². The van der Waals surface area contributed by atoms with E-state index in [0.29, 0.717) is 23.8 Å². The summed E-state index contributed by atoms with van der Waals surface area (Å²) in [7, 11) is -7.23. The van der Waals surface area contributed by atoms with E-state index >= 15 is 0 Å². The molecule has 0 unspecified atom stereocenters. The van der Waals surface area contributed by atoms with Crippen LogP contribution in [0.4, 0.5) is 0 Å². The molecule has 0 aromatic heterocycles. The van der Waals surface area contributed by atoms with Crippen molar-refractivity contribution in [3.63, 3.8) is 0 Å². The van der Waals surface area contributed by atoms with Gasteiger partial charge in [0.2, 0.25) is 15.9 Å². The number of halogens is 1. The van der Waals surface area contributed by atoms with E-state index in [1.807, 2.05) is 26.0 Å². The van der Waals surface area contributed by atoms with Gasteiger partial charge in [-0.3, -0.25) is 4.79 Å². The van der Waals surface area contributed by atoms with Crippen molar-refractivity contribution in [2.75, 3.05) is 19.6 Å². The van der Waals surface area contributed by atoms with Crippen LogP contribution in [-0.4, -0.2) is 46.7 Å². The van der Waals surface area contributed by atoms with Crippen LogP contribution in [0, 0.1) is 5.92 Å². The molecule has 2 aromatic rings. The number of benzene rings is 2. The lowest BCUT2D eigenvalue weighted by Gasteiger charge is -2.17. The van der Waals surface area contributed by atoms with Crippen molar-refractivity contribution >= 4 is 37.4 Å². The minimum Gasteiger partial charge on any atom is -0.356 e. The second-order valence-corrected chi connectivity index (χ2v) is 12.7. The molecule has 1 amide bonds. The summed E-state index contributed by atoms with van der Waals surface area (Å²) < 4.78 is 51.8. The zero-order valence-corrected chi connectivity index (χ0v) is 21.5. The molecule has 34 heavy (non-hydrogen) atoms. The van der Waals surface area contributed by atoms with Gasteiger partial charge in [0.05, 0.1) is 15.7 Å². The molecule has 2 aromatic carbocycles. The third kappa shape index (κ3) is 6.47. The number of carbonyl (C=O) groups excluding carboxylic acids is 1. The van der Waals surface area contributed by atoms with Crippen molar-refractivity contribution in [2.24, 2.45) is 5.92 Å². The lowest BCUT2D eigenvalue weighted by molar-refractivity contribution is -0.124. The molecule has 184 valence electrons. The topological polar surface area (TPSA) is 101 Å². The number of nitrogens with one attached hydrogen (secondary N) is 1. The van der Waals surface area contributed by atoms with Crippen LogP contribution in [0.25, 0.3) is 0 Å². The summed E-state index contributed by atoms with van der Waals surface area (Å²) >= 11 is 5.78.